The smallest absolute Gasteiger partial charge is 0.286 e. The monoisotopic (exact) mass is 208 g/mol. The third-order valence-electron chi connectivity index (χ3n) is 2.13. The van der Waals surface area contributed by atoms with Crippen LogP contribution in [0, 0.1) is 0 Å². The van der Waals surface area contributed by atoms with E-state index in [0.29, 0.717) is 12.3 Å². The van der Waals surface area contributed by atoms with E-state index in [2.05, 4.69) is 15.6 Å². The Hall–Kier alpha value is -1.75. The lowest BCUT2D eigenvalue weighted by Crippen LogP contribution is -2.44. The maximum atomic E-state index is 11.4. The number of benzene rings is 1. The molecule has 1 aromatic carbocycles. The van der Waals surface area contributed by atoms with Crippen LogP contribution in [0.3, 0.4) is 0 Å². The fourth-order valence-electron chi connectivity index (χ4n) is 1.43. The number of hydrogen-bond donors (Lipinski definition) is 2. The summed E-state index contributed by atoms with van der Waals surface area (Å²) in [7, 11) is 1.39. The van der Waals surface area contributed by atoms with E-state index in [-0.39, 0.29) is 5.91 Å². The van der Waals surface area contributed by atoms with Crippen LogP contribution in [0.25, 0.3) is 0 Å². The van der Waals surface area contributed by atoms with E-state index in [0.717, 1.165) is 5.69 Å². The van der Waals surface area contributed by atoms with Crippen LogP contribution in [0.1, 0.15) is 0 Å². The normalized spacial score (nSPS) is 18.3. The molecule has 0 aromatic heterocycles. The van der Waals surface area contributed by atoms with E-state index in [1.54, 1.807) is 0 Å². The highest BCUT2D eigenvalue weighted by atomic mass is 16.6. The summed E-state index contributed by atoms with van der Waals surface area (Å²) < 4.78 is 5.49. The molecule has 80 valence electrons. The summed E-state index contributed by atoms with van der Waals surface area (Å²) >= 11 is 0. The van der Waals surface area contributed by atoms with E-state index in [1.807, 2.05) is 24.3 Å². The molecule has 1 aliphatic heterocycles. The lowest BCUT2D eigenvalue weighted by Gasteiger charge is -2.25. The van der Waals surface area contributed by atoms with Gasteiger partial charge in [0.1, 0.15) is 5.75 Å². The number of hydroxylamine groups is 1. The zero-order valence-corrected chi connectivity index (χ0v) is 8.32. The first kappa shape index (κ1) is 9.79. The van der Waals surface area contributed by atoms with Gasteiger partial charge in [0.2, 0.25) is 0 Å². The van der Waals surface area contributed by atoms with Crippen molar-refractivity contribution in [2.45, 2.75) is 6.10 Å². The predicted molar refractivity (Wildman–Crippen MR) is 54.5 cm³/mol. The van der Waals surface area contributed by atoms with Crippen molar-refractivity contribution in [1.29, 1.82) is 0 Å². The van der Waals surface area contributed by atoms with Gasteiger partial charge in [-0.15, -0.1) is 0 Å². The third-order valence-corrected chi connectivity index (χ3v) is 2.13. The number of rotatable bonds is 2. The van der Waals surface area contributed by atoms with Crippen molar-refractivity contribution >= 4 is 11.6 Å². The number of carbonyl (C=O) groups is 1. The van der Waals surface area contributed by atoms with Crippen LogP contribution >= 0.6 is 0 Å². The molecule has 1 unspecified atom stereocenters. The van der Waals surface area contributed by atoms with Crippen LogP contribution in [0.4, 0.5) is 5.69 Å². The molecule has 2 N–H and O–H groups in total. The number of anilines is 1. The number of para-hydroxylation sites is 2. The highest BCUT2D eigenvalue weighted by Crippen LogP contribution is 2.27. The SMILES string of the molecule is CONC(=O)C1CNc2ccccc2O1. The molecular formula is C10H12N2O3. The molecule has 1 aromatic rings. The van der Waals surface area contributed by atoms with Gasteiger partial charge in [-0.25, -0.2) is 5.48 Å². The van der Waals surface area contributed by atoms with Crippen LogP contribution in [0.2, 0.25) is 0 Å². The first-order valence-corrected chi connectivity index (χ1v) is 4.63. The Kier molecular flexibility index (Phi) is 2.73. The van der Waals surface area contributed by atoms with Crippen molar-refractivity contribution in [3.63, 3.8) is 0 Å². The molecule has 0 saturated heterocycles. The molecule has 1 amide bonds. The molecule has 0 radical (unpaired) electrons. The zero-order chi connectivity index (χ0) is 10.7. The molecule has 0 bridgehead atoms. The van der Waals surface area contributed by atoms with Crippen LogP contribution in [0.5, 0.6) is 5.75 Å². The van der Waals surface area contributed by atoms with Gasteiger partial charge >= 0.3 is 0 Å². The molecule has 0 aliphatic carbocycles. The Bertz CT molecular complexity index is 367. The van der Waals surface area contributed by atoms with Gasteiger partial charge in [-0.3, -0.25) is 9.63 Å². The van der Waals surface area contributed by atoms with Gasteiger partial charge in [0, 0.05) is 0 Å². The number of amides is 1. The van der Waals surface area contributed by atoms with Crippen LogP contribution < -0.4 is 15.5 Å². The summed E-state index contributed by atoms with van der Waals surface area (Å²) in [6, 6.07) is 7.48. The molecule has 0 fully saturated rings. The minimum atomic E-state index is -0.556. The van der Waals surface area contributed by atoms with E-state index in [4.69, 9.17) is 4.74 Å². The Balaban J connectivity index is 2.08. The highest BCUT2D eigenvalue weighted by Gasteiger charge is 2.25. The molecular weight excluding hydrogens is 196 g/mol. The van der Waals surface area contributed by atoms with Gasteiger partial charge in [0.15, 0.2) is 6.10 Å². The quantitative estimate of drug-likeness (QED) is 0.696. The van der Waals surface area contributed by atoms with Gasteiger partial charge < -0.3 is 10.1 Å². The van der Waals surface area contributed by atoms with Gasteiger partial charge in [0.25, 0.3) is 5.91 Å². The number of hydrogen-bond acceptors (Lipinski definition) is 4. The van der Waals surface area contributed by atoms with Gasteiger partial charge in [-0.1, -0.05) is 12.1 Å². The second-order valence-electron chi connectivity index (χ2n) is 3.15. The molecule has 0 spiro atoms. The largest absolute Gasteiger partial charge is 0.476 e. The molecule has 1 heterocycles. The first-order valence-electron chi connectivity index (χ1n) is 4.63. The number of ether oxygens (including phenoxy) is 1. The summed E-state index contributed by atoms with van der Waals surface area (Å²) in [6.07, 6.45) is -0.556. The highest BCUT2D eigenvalue weighted by molar-refractivity contribution is 5.82. The van der Waals surface area contributed by atoms with Crippen LogP contribution in [0.15, 0.2) is 24.3 Å². The second kappa shape index (κ2) is 4.18. The fraction of sp³-hybridized carbons (Fsp3) is 0.300. The van der Waals surface area contributed by atoms with E-state index in [9.17, 15) is 4.79 Å². The van der Waals surface area contributed by atoms with Gasteiger partial charge in [-0.05, 0) is 12.1 Å². The van der Waals surface area contributed by atoms with Crippen molar-refractivity contribution in [3.05, 3.63) is 24.3 Å². The summed E-state index contributed by atoms with van der Waals surface area (Å²) in [4.78, 5) is 15.9. The van der Waals surface area contributed by atoms with Crippen LogP contribution in [-0.4, -0.2) is 25.7 Å². The maximum absolute atomic E-state index is 11.4. The van der Waals surface area contributed by atoms with E-state index in [1.165, 1.54) is 7.11 Å². The molecule has 5 nitrogen and oxygen atoms in total. The second-order valence-corrected chi connectivity index (χ2v) is 3.15. The van der Waals surface area contributed by atoms with Crippen molar-refractivity contribution in [3.8, 4) is 5.75 Å². The Morgan fingerprint density at radius 1 is 1.60 bits per heavy atom. The van der Waals surface area contributed by atoms with E-state index >= 15 is 0 Å². The fourth-order valence-corrected chi connectivity index (χ4v) is 1.43. The standard InChI is InChI=1S/C10H12N2O3/c1-14-12-10(13)9-6-11-7-4-2-3-5-8(7)15-9/h2-5,9,11H,6H2,1H3,(H,12,13). The average molecular weight is 208 g/mol. The minimum Gasteiger partial charge on any atom is -0.476 e. The Morgan fingerprint density at radius 3 is 3.20 bits per heavy atom. The van der Waals surface area contributed by atoms with Crippen molar-refractivity contribution < 1.29 is 14.4 Å². The molecule has 2 rings (SSSR count). The van der Waals surface area contributed by atoms with Crippen molar-refractivity contribution in [2.75, 3.05) is 19.0 Å². The first-order chi connectivity index (χ1) is 7.31. The van der Waals surface area contributed by atoms with E-state index < -0.39 is 6.10 Å². The van der Waals surface area contributed by atoms with Crippen LogP contribution in [-0.2, 0) is 9.63 Å². The summed E-state index contributed by atoms with van der Waals surface area (Å²) in [5.74, 6) is 0.388. The minimum absolute atomic E-state index is 0.292. The number of fused-ring (bicyclic) bond motifs is 1. The Morgan fingerprint density at radius 2 is 2.40 bits per heavy atom. The maximum Gasteiger partial charge on any atom is 0.286 e. The summed E-state index contributed by atoms with van der Waals surface area (Å²) in [5, 5.41) is 3.11. The predicted octanol–water partition coefficient (Wildman–Crippen LogP) is 0.537. The number of nitrogens with one attached hydrogen (secondary N) is 2. The third kappa shape index (κ3) is 2.02. The van der Waals surface area contributed by atoms with Crippen molar-refractivity contribution in [2.24, 2.45) is 0 Å². The number of carbonyl (C=O) groups excluding carboxylic acids is 1. The molecule has 5 heteroatoms. The summed E-state index contributed by atoms with van der Waals surface area (Å²) in [5.41, 5.74) is 3.14. The van der Waals surface area contributed by atoms with Gasteiger partial charge in [-0.2, -0.15) is 0 Å². The molecule has 1 aliphatic rings. The Labute approximate surface area is 87.3 Å². The average Bonchev–Trinajstić information content (AvgIpc) is 2.29. The molecule has 0 saturated carbocycles. The summed E-state index contributed by atoms with van der Waals surface area (Å²) in [6.45, 7) is 0.437. The molecule has 15 heavy (non-hydrogen) atoms. The lowest BCUT2D eigenvalue weighted by atomic mass is 10.2. The van der Waals surface area contributed by atoms with Crippen molar-refractivity contribution in [1.82, 2.24) is 5.48 Å². The van der Waals surface area contributed by atoms with Gasteiger partial charge in [0.05, 0.1) is 19.3 Å². The molecule has 1 atom stereocenters. The zero-order valence-electron chi connectivity index (χ0n) is 8.32. The lowest BCUT2D eigenvalue weighted by molar-refractivity contribution is -0.138. The topological polar surface area (TPSA) is 59.6 Å².